The summed E-state index contributed by atoms with van der Waals surface area (Å²) >= 11 is 0. The summed E-state index contributed by atoms with van der Waals surface area (Å²) in [6.07, 6.45) is 2.49. The number of nitrogens with one attached hydrogen (secondary N) is 1. The van der Waals surface area contributed by atoms with Gasteiger partial charge in [0, 0.05) is 37.9 Å². The van der Waals surface area contributed by atoms with Gasteiger partial charge in [0.15, 0.2) is 0 Å². The molecule has 0 aromatic heterocycles. The summed E-state index contributed by atoms with van der Waals surface area (Å²) in [7, 11) is 0. The summed E-state index contributed by atoms with van der Waals surface area (Å²) in [6.45, 7) is 2.26. The van der Waals surface area contributed by atoms with E-state index in [9.17, 15) is 9.59 Å². The largest absolute Gasteiger partial charge is 0.381 e. The number of benzene rings is 1. The SMILES string of the molecule is NC1(C(=O)N2CCC(C(=O)Nc3ccccc3)CC2)CCOCC1. The van der Waals surface area contributed by atoms with E-state index in [0.29, 0.717) is 52.0 Å². The first kappa shape index (κ1) is 16.9. The topological polar surface area (TPSA) is 84.7 Å². The number of carbonyl (C=O) groups is 2. The number of likely N-dealkylation sites (tertiary alicyclic amines) is 1. The van der Waals surface area contributed by atoms with E-state index in [1.807, 2.05) is 35.2 Å². The highest BCUT2D eigenvalue weighted by Gasteiger charge is 2.40. The van der Waals surface area contributed by atoms with E-state index < -0.39 is 5.54 Å². The predicted molar refractivity (Wildman–Crippen MR) is 91.3 cm³/mol. The highest BCUT2D eigenvalue weighted by molar-refractivity contribution is 5.93. The molecule has 1 aromatic rings. The van der Waals surface area contributed by atoms with Crippen molar-refractivity contribution in [2.24, 2.45) is 11.7 Å². The monoisotopic (exact) mass is 331 g/mol. The van der Waals surface area contributed by atoms with Gasteiger partial charge in [0.2, 0.25) is 11.8 Å². The fourth-order valence-corrected chi connectivity index (χ4v) is 3.37. The quantitative estimate of drug-likeness (QED) is 0.876. The lowest BCUT2D eigenvalue weighted by molar-refractivity contribution is -0.143. The van der Waals surface area contributed by atoms with Crippen LogP contribution in [-0.2, 0) is 14.3 Å². The molecule has 0 spiro atoms. The first-order valence-electron chi connectivity index (χ1n) is 8.60. The lowest BCUT2D eigenvalue weighted by atomic mass is 9.87. The summed E-state index contributed by atoms with van der Waals surface area (Å²) in [5.41, 5.74) is 6.29. The fourth-order valence-electron chi connectivity index (χ4n) is 3.37. The molecule has 0 bridgehead atoms. The maximum atomic E-state index is 12.7. The number of hydrogen-bond acceptors (Lipinski definition) is 4. The Hall–Kier alpha value is -1.92. The third-order valence-electron chi connectivity index (χ3n) is 5.01. The number of para-hydroxylation sites is 1. The van der Waals surface area contributed by atoms with Crippen LogP contribution in [0, 0.1) is 5.92 Å². The Balaban J connectivity index is 1.52. The van der Waals surface area contributed by atoms with E-state index in [4.69, 9.17) is 10.5 Å². The molecule has 6 nitrogen and oxygen atoms in total. The van der Waals surface area contributed by atoms with Gasteiger partial charge in [0.1, 0.15) is 0 Å². The molecule has 2 amide bonds. The van der Waals surface area contributed by atoms with E-state index in [1.165, 1.54) is 0 Å². The van der Waals surface area contributed by atoms with Gasteiger partial charge >= 0.3 is 0 Å². The Morgan fingerprint density at radius 1 is 1.12 bits per heavy atom. The van der Waals surface area contributed by atoms with Gasteiger partial charge in [-0.25, -0.2) is 0 Å². The van der Waals surface area contributed by atoms with Crippen LogP contribution < -0.4 is 11.1 Å². The van der Waals surface area contributed by atoms with Crippen LogP contribution in [0.25, 0.3) is 0 Å². The van der Waals surface area contributed by atoms with Crippen LogP contribution in [-0.4, -0.2) is 48.6 Å². The molecule has 3 N–H and O–H groups in total. The fraction of sp³-hybridized carbons (Fsp3) is 0.556. The summed E-state index contributed by atoms with van der Waals surface area (Å²) in [5.74, 6) is -0.0211. The molecule has 2 saturated heterocycles. The van der Waals surface area contributed by atoms with Crippen LogP contribution >= 0.6 is 0 Å². The zero-order valence-electron chi connectivity index (χ0n) is 13.9. The Morgan fingerprint density at radius 2 is 1.75 bits per heavy atom. The normalized spacial score (nSPS) is 21.3. The van der Waals surface area contributed by atoms with Crippen molar-refractivity contribution in [2.45, 2.75) is 31.2 Å². The van der Waals surface area contributed by atoms with E-state index in [2.05, 4.69) is 5.32 Å². The molecule has 2 aliphatic rings. The molecule has 1 aromatic carbocycles. The minimum Gasteiger partial charge on any atom is -0.381 e. The standard InChI is InChI=1S/C18H25N3O3/c19-18(8-12-24-13-9-18)17(23)21-10-6-14(7-11-21)16(22)20-15-4-2-1-3-5-15/h1-5,14H,6-13,19H2,(H,20,22). The molecule has 0 saturated carbocycles. The van der Waals surface area contributed by atoms with Gasteiger partial charge in [-0.3, -0.25) is 9.59 Å². The number of nitrogens with zero attached hydrogens (tertiary/aromatic N) is 1. The minimum absolute atomic E-state index is 0.00715. The van der Waals surface area contributed by atoms with Crippen LogP contribution in [0.3, 0.4) is 0 Å². The molecule has 2 fully saturated rings. The van der Waals surface area contributed by atoms with Gasteiger partial charge in [-0.05, 0) is 37.8 Å². The first-order valence-corrected chi connectivity index (χ1v) is 8.60. The Bertz CT molecular complexity index is 576. The molecule has 6 heteroatoms. The average Bonchev–Trinajstić information content (AvgIpc) is 2.63. The maximum absolute atomic E-state index is 12.7. The van der Waals surface area contributed by atoms with Crippen molar-refractivity contribution in [2.75, 3.05) is 31.6 Å². The zero-order valence-corrected chi connectivity index (χ0v) is 13.9. The summed E-state index contributed by atoms with van der Waals surface area (Å²) < 4.78 is 5.30. The molecule has 0 aliphatic carbocycles. The van der Waals surface area contributed by atoms with Crippen molar-refractivity contribution in [1.82, 2.24) is 4.90 Å². The number of nitrogens with two attached hydrogens (primary N) is 1. The third-order valence-corrected chi connectivity index (χ3v) is 5.01. The predicted octanol–water partition coefficient (Wildman–Crippen LogP) is 1.37. The second-order valence-electron chi connectivity index (χ2n) is 6.69. The van der Waals surface area contributed by atoms with Crippen LogP contribution in [0.5, 0.6) is 0 Å². The van der Waals surface area contributed by atoms with Crippen molar-refractivity contribution in [3.05, 3.63) is 30.3 Å². The number of hydrogen-bond donors (Lipinski definition) is 2. The van der Waals surface area contributed by atoms with Gasteiger partial charge in [-0.15, -0.1) is 0 Å². The third kappa shape index (κ3) is 3.76. The van der Waals surface area contributed by atoms with Crippen LogP contribution in [0.1, 0.15) is 25.7 Å². The molecule has 0 unspecified atom stereocenters. The van der Waals surface area contributed by atoms with Crippen molar-refractivity contribution in [1.29, 1.82) is 0 Å². The van der Waals surface area contributed by atoms with Crippen LogP contribution in [0.4, 0.5) is 5.69 Å². The second kappa shape index (κ2) is 7.32. The second-order valence-corrected chi connectivity index (χ2v) is 6.69. The van der Waals surface area contributed by atoms with E-state index in [1.54, 1.807) is 0 Å². The first-order chi connectivity index (χ1) is 11.6. The Labute approximate surface area is 142 Å². The molecular formula is C18H25N3O3. The minimum atomic E-state index is -0.794. The molecule has 130 valence electrons. The van der Waals surface area contributed by atoms with Crippen molar-refractivity contribution >= 4 is 17.5 Å². The van der Waals surface area contributed by atoms with Crippen molar-refractivity contribution in [3.8, 4) is 0 Å². The number of amides is 2. The summed E-state index contributed by atoms with van der Waals surface area (Å²) in [4.78, 5) is 26.9. The smallest absolute Gasteiger partial charge is 0.242 e. The number of carbonyl (C=O) groups excluding carboxylic acids is 2. The number of piperidine rings is 1. The van der Waals surface area contributed by atoms with E-state index >= 15 is 0 Å². The lowest BCUT2D eigenvalue weighted by Crippen LogP contribution is -2.59. The summed E-state index contributed by atoms with van der Waals surface area (Å²) in [5, 5.41) is 2.94. The van der Waals surface area contributed by atoms with Crippen LogP contribution in [0.2, 0.25) is 0 Å². The van der Waals surface area contributed by atoms with Gasteiger partial charge in [0.25, 0.3) is 0 Å². The highest BCUT2D eigenvalue weighted by atomic mass is 16.5. The Kier molecular flexibility index (Phi) is 5.16. The molecule has 2 heterocycles. The van der Waals surface area contributed by atoms with Gasteiger partial charge in [-0.2, -0.15) is 0 Å². The highest BCUT2D eigenvalue weighted by Crippen LogP contribution is 2.25. The number of anilines is 1. The molecule has 0 atom stereocenters. The van der Waals surface area contributed by atoms with Crippen molar-refractivity contribution < 1.29 is 14.3 Å². The molecular weight excluding hydrogens is 306 g/mol. The zero-order chi connectivity index (χ0) is 17.0. The molecule has 3 rings (SSSR count). The van der Waals surface area contributed by atoms with E-state index in [-0.39, 0.29) is 17.7 Å². The van der Waals surface area contributed by atoms with Crippen molar-refractivity contribution in [3.63, 3.8) is 0 Å². The van der Waals surface area contributed by atoms with Gasteiger partial charge in [-0.1, -0.05) is 18.2 Å². The molecule has 0 radical (unpaired) electrons. The summed E-state index contributed by atoms with van der Waals surface area (Å²) in [6, 6.07) is 9.45. The molecule has 2 aliphatic heterocycles. The van der Waals surface area contributed by atoms with Gasteiger partial charge < -0.3 is 20.7 Å². The number of rotatable bonds is 3. The van der Waals surface area contributed by atoms with Crippen LogP contribution in [0.15, 0.2) is 30.3 Å². The maximum Gasteiger partial charge on any atom is 0.242 e. The van der Waals surface area contributed by atoms with Gasteiger partial charge in [0.05, 0.1) is 5.54 Å². The lowest BCUT2D eigenvalue weighted by Gasteiger charge is -2.39. The Morgan fingerprint density at radius 3 is 2.38 bits per heavy atom. The molecule has 24 heavy (non-hydrogen) atoms. The average molecular weight is 331 g/mol. The van der Waals surface area contributed by atoms with E-state index in [0.717, 1.165) is 5.69 Å². The number of ether oxygens (including phenoxy) is 1.